The van der Waals surface area contributed by atoms with Crippen LogP contribution in [0.3, 0.4) is 0 Å². The number of carbonyl (C=O) groups is 4. The van der Waals surface area contributed by atoms with Gasteiger partial charge in [-0.1, -0.05) is 58.0 Å². The van der Waals surface area contributed by atoms with E-state index in [2.05, 4.69) is 5.32 Å². The molecule has 182 valence electrons. The predicted octanol–water partition coefficient (Wildman–Crippen LogP) is 2.50. The van der Waals surface area contributed by atoms with Crippen LogP contribution in [0, 0.1) is 11.8 Å². The Labute approximate surface area is 195 Å². The molecular weight excluding hydrogens is 426 g/mol. The van der Waals surface area contributed by atoms with Crippen molar-refractivity contribution in [2.24, 2.45) is 11.8 Å². The summed E-state index contributed by atoms with van der Waals surface area (Å²) in [7, 11) is 1.52. The molecule has 0 aromatic heterocycles. The maximum atomic E-state index is 13.3. The molecule has 0 saturated carbocycles. The summed E-state index contributed by atoms with van der Waals surface area (Å²) < 4.78 is 5.25. The number of benzene rings is 1. The van der Waals surface area contributed by atoms with E-state index >= 15 is 0 Å². The number of carboxylic acid groups (broad SMARTS) is 1. The van der Waals surface area contributed by atoms with Gasteiger partial charge in [0.1, 0.15) is 24.7 Å². The first-order valence-electron chi connectivity index (χ1n) is 11.3. The number of nitrogens with zero attached hydrogens (tertiary/aromatic N) is 2. The van der Waals surface area contributed by atoms with E-state index < -0.39 is 36.1 Å². The molecule has 3 amide bonds. The SMILES string of the molecule is CC(C)[C@H](NC(=O)OCc1ccccc1)C(=O)N(C)[C@H](C(=O)N1CCC[C@H]1C(=O)O)C(C)C. The summed E-state index contributed by atoms with van der Waals surface area (Å²) >= 11 is 0. The minimum atomic E-state index is -1.04. The molecule has 0 radical (unpaired) electrons. The van der Waals surface area contributed by atoms with Gasteiger partial charge in [-0.05, 0) is 30.2 Å². The summed E-state index contributed by atoms with van der Waals surface area (Å²) in [5.41, 5.74) is 0.821. The number of likely N-dealkylation sites (N-methyl/N-ethyl adjacent to an activating group) is 1. The number of nitrogens with one attached hydrogen (secondary N) is 1. The Morgan fingerprint density at radius 3 is 2.30 bits per heavy atom. The number of ether oxygens (including phenoxy) is 1. The first kappa shape index (κ1) is 26.2. The largest absolute Gasteiger partial charge is 0.480 e. The summed E-state index contributed by atoms with van der Waals surface area (Å²) in [4.78, 5) is 53.2. The van der Waals surface area contributed by atoms with Crippen molar-refractivity contribution >= 4 is 23.9 Å². The second-order valence-corrected chi connectivity index (χ2v) is 9.09. The van der Waals surface area contributed by atoms with Gasteiger partial charge in [0.25, 0.3) is 0 Å². The molecule has 0 aliphatic carbocycles. The van der Waals surface area contributed by atoms with Gasteiger partial charge in [0, 0.05) is 13.6 Å². The molecule has 0 bridgehead atoms. The van der Waals surface area contributed by atoms with Crippen molar-refractivity contribution in [2.75, 3.05) is 13.6 Å². The number of amides is 3. The zero-order valence-corrected chi connectivity index (χ0v) is 20.0. The number of rotatable bonds is 9. The van der Waals surface area contributed by atoms with Gasteiger partial charge in [-0.3, -0.25) is 9.59 Å². The standard InChI is InChI=1S/C24H35N3O6/c1-15(2)19(25-24(32)33-14-17-10-7-6-8-11-17)21(28)26(5)20(16(3)4)22(29)27-13-9-12-18(27)23(30)31/h6-8,10-11,15-16,18-20H,9,12-14H2,1-5H3,(H,25,32)(H,30,31)/t18-,19-,20-/m0/s1. The van der Waals surface area contributed by atoms with Gasteiger partial charge in [0.15, 0.2) is 0 Å². The van der Waals surface area contributed by atoms with Gasteiger partial charge < -0.3 is 25.0 Å². The Balaban J connectivity index is 2.11. The lowest BCUT2D eigenvalue weighted by Crippen LogP contribution is -2.58. The normalized spacial score (nSPS) is 17.5. The summed E-state index contributed by atoms with van der Waals surface area (Å²) in [6.45, 7) is 7.62. The van der Waals surface area contributed by atoms with Gasteiger partial charge in [0.05, 0.1) is 0 Å². The van der Waals surface area contributed by atoms with E-state index in [1.807, 2.05) is 44.2 Å². The highest BCUT2D eigenvalue weighted by atomic mass is 16.5. The zero-order valence-electron chi connectivity index (χ0n) is 20.0. The minimum absolute atomic E-state index is 0.0696. The van der Waals surface area contributed by atoms with Crippen LogP contribution in [0.5, 0.6) is 0 Å². The first-order chi connectivity index (χ1) is 15.5. The van der Waals surface area contributed by atoms with Crippen LogP contribution in [0.2, 0.25) is 0 Å². The van der Waals surface area contributed by atoms with Crippen LogP contribution in [0.4, 0.5) is 4.79 Å². The van der Waals surface area contributed by atoms with E-state index in [0.717, 1.165) is 5.56 Å². The number of hydrogen-bond acceptors (Lipinski definition) is 5. The fourth-order valence-electron chi connectivity index (χ4n) is 4.12. The van der Waals surface area contributed by atoms with Crippen LogP contribution in [0.25, 0.3) is 0 Å². The fraction of sp³-hybridized carbons (Fsp3) is 0.583. The molecule has 9 heteroatoms. The van der Waals surface area contributed by atoms with Crippen LogP contribution >= 0.6 is 0 Å². The molecule has 1 aliphatic heterocycles. The molecule has 1 aliphatic rings. The summed E-state index contributed by atoms with van der Waals surface area (Å²) in [6, 6.07) is 6.56. The van der Waals surface area contributed by atoms with E-state index in [0.29, 0.717) is 19.4 Å². The third-order valence-electron chi connectivity index (χ3n) is 5.89. The lowest BCUT2D eigenvalue weighted by molar-refractivity contribution is -0.154. The average Bonchev–Trinajstić information content (AvgIpc) is 3.26. The summed E-state index contributed by atoms with van der Waals surface area (Å²) in [5.74, 6) is -2.37. The van der Waals surface area contributed by atoms with Crippen molar-refractivity contribution < 1.29 is 29.0 Å². The van der Waals surface area contributed by atoms with E-state index in [1.54, 1.807) is 13.8 Å². The molecule has 33 heavy (non-hydrogen) atoms. The smallest absolute Gasteiger partial charge is 0.408 e. The quantitative estimate of drug-likeness (QED) is 0.584. The van der Waals surface area contributed by atoms with Gasteiger partial charge in [0.2, 0.25) is 11.8 Å². The monoisotopic (exact) mass is 461 g/mol. The molecular formula is C24H35N3O6. The van der Waals surface area contributed by atoms with E-state index in [9.17, 15) is 24.3 Å². The fourth-order valence-corrected chi connectivity index (χ4v) is 4.12. The average molecular weight is 462 g/mol. The Kier molecular flexibility index (Phi) is 9.25. The van der Waals surface area contributed by atoms with Crippen molar-refractivity contribution in [1.29, 1.82) is 0 Å². The summed E-state index contributed by atoms with van der Waals surface area (Å²) in [6.07, 6.45) is 0.277. The molecule has 1 fully saturated rings. The van der Waals surface area contributed by atoms with E-state index in [1.165, 1.54) is 16.8 Å². The minimum Gasteiger partial charge on any atom is -0.480 e. The van der Waals surface area contributed by atoms with Gasteiger partial charge >= 0.3 is 12.1 Å². The molecule has 3 atom stereocenters. The molecule has 2 rings (SSSR count). The number of carbonyl (C=O) groups excluding carboxylic acids is 3. The topological polar surface area (TPSA) is 116 Å². The van der Waals surface area contributed by atoms with Crippen molar-refractivity contribution in [3.63, 3.8) is 0 Å². The Morgan fingerprint density at radius 2 is 1.76 bits per heavy atom. The molecule has 9 nitrogen and oxygen atoms in total. The highest BCUT2D eigenvalue weighted by molar-refractivity contribution is 5.93. The number of hydrogen-bond donors (Lipinski definition) is 2. The van der Waals surface area contributed by atoms with Crippen molar-refractivity contribution in [3.8, 4) is 0 Å². The Hall–Kier alpha value is -3.10. The molecule has 1 aromatic rings. The van der Waals surface area contributed by atoms with Crippen LogP contribution < -0.4 is 5.32 Å². The second-order valence-electron chi connectivity index (χ2n) is 9.09. The highest BCUT2D eigenvalue weighted by Gasteiger charge is 2.42. The van der Waals surface area contributed by atoms with Gasteiger partial charge in [-0.15, -0.1) is 0 Å². The maximum absolute atomic E-state index is 13.3. The third kappa shape index (κ3) is 6.69. The molecule has 0 spiro atoms. The zero-order chi connectivity index (χ0) is 24.7. The molecule has 0 unspecified atom stereocenters. The highest BCUT2D eigenvalue weighted by Crippen LogP contribution is 2.23. The first-order valence-corrected chi connectivity index (χ1v) is 11.3. The number of aliphatic carboxylic acids is 1. The van der Waals surface area contributed by atoms with Crippen LogP contribution in [-0.2, 0) is 25.7 Å². The molecule has 1 aromatic carbocycles. The van der Waals surface area contributed by atoms with Gasteiger partial charge in [-0.25, -0.2) is 9.59 Å². The molecule has 1 heterocycles. The van der Waals surface area contributed by atoms with Crippen molar-refractivity contribution in [3.05, 3.63) is 35.9 Å². The van der Waals surface area contributed by atoms with Gasteiger partial charge in [-0.2, -0.15) is 0 Å². The summed E-state index contributed by atoms with van der Waals surface area (Å²) in [5, 5.41) is 12.1. The van der Waals surface area contributed by atoms with E-state index in [-0.39, 0.29) is 24.3 Å². The van der Waals surface area contributed by atoms with Crippen LogP contribution in [-0.4, -0.2) is 70.5 Å². The number of alkyl carbamates (subject to hydrolysis) is 1. The van der Waals surface area contributed by atoms with Crippen LogP contribution in [0.15, 0.2) is 30.3 Å². The van der Waals surface area contributed by atoms with Crippen molar-refractivity contribution in [1.82, 2.24) is 15.1 Å². The molecule has 1 saturated heterocycles. The predicted molar refractivity (Wildman–Crippen MR) is 122 cm³/mol. The third-order valence-corrected chi connectivity index (χ3v) is 5.89. The lowest BCUT2D eigenvalue weighted by Gasteiger charge is -2.37. The Bertz CT molecular complexity index is 842. The van der Waals surface area contributed by atoms with Crippen molar-refractivity contribution in [2.45, 2.75) is 65.3 Å². The second kappa shape index (κ2) is 11.7. The number of carboxylic acids is 1. The molecule has 2 N–H and O–H groups in total. The van der Waals surface area contributed by atoms with Crippen LogP contribution in [0.1, 0.15) is 46.1 Å². The maximum Gasteiger partial charge on any atom is 0.408 e. The number of likely N-dealkylation sites (tertiary alicyclic amines) is 1. The Morgan fingerprint density at radius 1 is 1.12 bits per heavy atom. The van der Waals surface area contributed by atoms with E-state index in [4.69, 9.17) is 4.74 Å². The lowest BCUT2D eigenvalue weighted by atomic mass is 9.97.